The van der Waals surface area contributed by atoms with E-state index in [1.54, 1.807) is 12.1 Å². The van der Waals surface area contributed by atoms with Crippen LogP contribution in [0.4, 0.5) is 5.69 Å². The molecule has 0 aliphatic carbocycles. The van der Waals surface area contributed by atoms with Crippen molar-refractivity contribution in [3.63, 3.8) is 0 Å². The molecule has 0 aliphatic heterocycles. The Kier molecular flexibility index (Phi) is 7.90. The smallest absolute Gasteiger partial charge is 0.253 e. The van der Waals surface area contributed by atoms with Crippen LogP contribution in [0.15, 0.2) is 60.7 Å². The molecule has 0 aromatic heterocycles. The van der Waals surface area contributed by atoms with Crippen molar-refractivity contribution in [2.45, 2.75) is 9.96 Å². The Balaban J connectivity index is 1.72. The van der Waals surface area contributed by atoms with E-state index in [1.807, 2.05) is 42.5 Å². The van der Waals surface area contributed by atoms with E-state index in [1.165, 1.54) is 20.3 Å². The number of thiocarbonyl (C=S) groups is 1. The molecule has 32 heavy (non-hydrogen) atoms. The number of methoxy groups -OCH3 is 2. The van der Waals surface area contributed by atoms with Crippen LogP contribution in [0.2, 0.25) is 0 Å². The van der Waals surface area contributed by atoms with E-state index in [0.717, 1.165) is 16.5 Å². The highest BCUT2D eigenvalue weighted by molar-refractivity contribution is 7.80. The fourth-order valence-electron chi connectivity index (χ4n) is 2.96. The number of alkyl halides is 3. The number of carbonyl (C=O) groups is 1. The topological polar surface area (TPSA) is 71.6 Å². The van der Waals surface area contributed by atoms with Crippen LogP contribution in [0.5, 0.6) is 11.5 Å². The molecule has 168 valence electrons. The van der Waals surface area contributed by atoms with Crippen molar-refractivity contribution in [1.82, 2.24) is 10.6 Å². The summed E-state index contributed by atoms with van der Waals surface area (Å²) in [7, 11) is 2.98. The van der Waals surface area contributed by atoms with Crippen LogP contribution in [0.1, 0.15) is 10.4 Å². The molecule has 0 bridgehead atoms. The van der Waals surface area contributed by atoms with Gasteiger partial charge in [-0.05, 0) is 53.3 Å². The zero-order valence-corrected chi connectivity index (χ0v) is 20.2. The Hall–Kier alpha value is -2.45. The molecule has 1 amide bonds. The van der Waals surface area contributed by atoms with Gasteiger partial charge in [-0.15, -0.1) is 0 Å². The average Bonchev–Trinajstić information content (AvgIpc) is 2.77. The van der Waals surface area contributed by atoms with Gasteiger partial charge in [-0.25, -0.2) is 0 Å². The molecule has 0 unspecified atom stereocenters. The van der Waals surface area contributed by atoms with E-state index in [4.69, 9.17) is 56.5 Å². The molecule has 6 nitrogen and oxygen atoms in total. The lowest BCUT2D eigenvalue weighted by molar-refractivity contribution is 0.0934. The molecule has 0 heterocycles. The highest BCUT2D eigenvalue weighted by Gasteiger charge is 2.35. The lowest BCUT2D eigenvalue weighted by Gasteiger charge is -2.28. The summed E-state index contributed by atoms with van der Waals surface area (Å²) in [6.45, 7) is 0. The lowest BCUT2D eigenvalue weighted by Crippen LogP contribution is -2.56. The molecule has 0 saturated carbocycles. The third-order valence-corrected chi connectivity index (χ3v) is 5.41. The van der Waals surface area contributed by atoms with Gasteiger partial charge in [0, 0.05) is 11.3 Å². The van der Waals surface area contributed by atoms with Crippen molar-refractivity contribution >= 4 is 74.5 Å². The highest BCUT2D eigenvalue weighted by Crippen LogP contribution is 2.31. The van der Waals surface area contributed by atoms with E-state index in [2.05, 4.69) is 16.0 Å². The van der Waals surface area contributed by atoms with Crippen molar-refractivity contribution in [2.24, 2.45) is 0 Å². The maximum absolute atomic E-state index is 12.8. The summed E-state index contributed by atoms with van der Waals surface area (Å²) in [6.07, 6.45) is -1.12. The van der Waals surface area contributed by atoms with Crippen LogP contribution in [0, 0.1) is 0 Å². The van der Waals surface area contributed by atoms with Crippen molar-refractivity contribution in [3.8, 4) is 11.5 Å². The van der Waals surface area contributed by atoms with Gasteiger partial charge in [-0.1, -0.05) is 65.1 Å². The molecule has 0 aliphatic rings. The van der Waals surface area contributed by atoms with E-state index in [-0.39, 0.29) is 10.7 Å². The molecule has 1 atom stereocenters. The molecular formula is C22H20Cl3N3O3S. The van der Waals surface area contributed by atoms with Gasteiger partial charge in [0.05, 0.1) is 14.2 Å². The Morgan fingerprint density at radius 3 is 2.25 bits per heavy atom. The van der Waals surface area contributed by atoms with Crippen LogP contribution < -0.4 is 25.4 Å². The van der Waals surface area contributed by atoms with Crippen LogP contribution in [-0.2, 0) is 0 Å². The number of fused-ring (bicyclic) bond motifs is 1. The molecule has 3 N–H and O–H groups in total. The third-order valence-electron chi connectivity index (χ3n) is 4.53. The summed E-state index contributed by atoms with van der Waals surface area (Å²) in [6, 6.07) is 18.4. The summed E-state index contributed by atoms with van der Waals surface area (Å²) in [4.78, 5) is 12.8. The van der Waals surface area contributed by atoms with Gasteiger partial charge in [-0.3, -0.25) is 4.79 Å². The Morgan fingerprint density at radius 1 is 0.906 bits per heavy atom. The monoisotopic (exact) mass is 511 g/mol. The van der Waals surface area contributed by atoms with Crippen LogP contribution >= 0.6 is 47.0 Å². The van der Waals surface area contributed by atoms with Crippen LogP contribution in [0.3, 0.4) is 0 Å². The van der Waals surface area contributed by atoms with Gasteiger partial charge >= 0.3 is 0 Å². The maximum atomic E-state index is 12.8. The Bertz CT molecular complexity index is 1140. The normalized spacial score (nSPS) is 12.0. The number of carbonyl (C=O) groups excluding carboxylic acids is 1. The minimum atomic E-state index is -1.89. The predicted octanol–water partition coefficient (Wildman–Crippen LogP) is 5.27. The number of benzene rings is 3. The zero-order valence-electron chi connectivity index (χ0n) is 17.1. The number of halogens is 3. The molecule has 10 heteroatoms. The quantitative estimate of drug-likeness (QED) is 0.237. The van der Waals surface area contributed by atoms with Crippen LogP contribution in [-0.4, -0.2) is 35.2 Å². The minimum absolute atomic E-state index is 0.171. The SMILES string of the molecule is COc1ccc(C(=O)N[C@@H](NC(=S)Nc2ccc3ccccc3c2)C(Cl)(Cl)Cl)cc1OC. The second kappa shape index (κ2) is 10.4. The fourth-order valence-corrected chi connectivity index (χ4v) is 3.52. The number of ether oxygens (including phenoxy) is 2. The largest absolute Gasteiger partial charge is 0.493 e. The number of rotatable bonds is 6. The standard InChI is InChI=1S/C22H20Cl3N3O3S/c1-30-17-10-8-15(12-18(17)31-2)19(29)27-20(22(23,24)25)28-21(32)26-16-9-7-13-5-3-4-6-14(13)11-16/h3-12,20H,1-2H3,(H,27,29)(H2,26,28,32)/t20-/m0/s1. The molecular weight excluding hydrogens is 493 g/mol. The van der Waals surface area contributed by atoms with E-state index in [0.29, 0.717) is 11.5 Å². The summed E-state index contributed by atoms with van der Waals surface area (Å²) < 4.78 is 8.53. The maximum Gasteiger partial charge on any atom is 0.253 e. The Morgan fingerprint density at radius 2 is 1.59 bits per heavy atom. The summed E-state index contributed by atoms with van der Waals surface area (Å²) in [5.74, 6) is 0.385. The van der Waals surface area contributed by atoms with Crippen molar-refractivity contribution < 1.29 is 14.3 Å². The first kappa shape index (κ1) is 24.2. The average molecular weight is 513 g/mol. The first-order valence-electron chi connectivity index (χ1n) is 9.37. The zero-order chi connectivity index (χ0) is 23.3. The van der Waals surface area contributed by atoms with Crippen molar-refractivity contribution in [2.75, 3.05) is 19.5 Å². The van der Waals surface area contributed by atoms with Gasteiger partial charge in [0.2, 0.25) is 3.79 Å². The second-order valence-corrected chi connectivity index (χ2v) is 9.46. The Labute approximate surface area is 206 Å². The number of anilines is 1. The van der Waals surface area contributed by atoms with E-state index >= 15 is 0 Å². The summed E-state index contributed by atoms with van der Waals surface area (Å²) in [5, 5.41) is 10.8. The predicted molar refractivity (Wildman–Crippen MR) is 134 cm³/mol. The molecule has 0 fully saturated rings. The third kappa shape index (κ3) is 6.07. The number of hydrogen-bond acceptors (Lipinski definition) is 4. The van der Waals surface area contributed by atoms with Gasteiger partial charge in [0.15, 0.2) is 16.6 Å². The molecule has 0 spiro atoms. The van der Waals surface area contributed by atoms with Gasteiger partial charge in [0.25, 0.3) is 5.91 Å². The fraction of sp³-hybridized carbons (Fsp3) is 0.182. The first-order chi connectivity index (χ1) is 15.2. The number of nitrogens with one attached hydrogen (secondary N) is 3. The van der Waals surface area contributed by atoms with E-state index in [9.17, 15) is 4.79 Å². The summed E-state index contributed by atoms with van der Waals surface area (Å²) in [5.41, 5.74) is 1.03. The molecule has 0 saturated heterocycles. The summed E-state index contributed by atoms with van der Waals surface area (Å²) >= 11 is 23.6. The van der Waals surface area contributed by atoms with Gasteiger partial charge in [-0.2, -0.15) is 0 Å². The second-order valence-electron chi connectivity index (χ2n) is 6.68. The van der Waals surface area contributed by atoms with Crippen molar-refractivity contribution in [1.29, 1.82) is 0 Å². The highest BCUT2D eigenvalue weighted by atomic mass is 35.6. The minimum Gasteiger partial charge on any atom is -0.493 e. The van der Waals surface area contributed by atoms with Gasteiger partial charge in [0.1, 0.15) is 6.17 Å². The van der Waals surface area contributed by atoms with Crippen molar-refractivity contribution in [3.05, 3.63) is 66.2 Å². The van der Waals surface area contributed by atoms with Gasteiger partial charge < -0.3 is 25.4 Å². The molecule has 3 aromatic rings. The molecule has 0 radical (unpaired) electrons. The number of amides is 1. The first-order valence-corrected chi connectivity index (χ1v) is 10.9. The number of hydrogen-bond donors (Lipinski definition) is 3. The van der Waals surface area contributed by atoms with Crippen LogP contribution in [0.25, 0.3) is 10.8 Å². The molecule has 3 rings (SSSR count). The molecule has 3 aromatic carbocycles. The van der Waals surface area contributed by atoms with E-state index < -0.39 is 15.9 Å². The lowest BCUT2D eigenvalue weighted by atomic mass is 10.1.